The van der Waals surface area contributed by atoms with Gasteiger partial charge >= 0.3 is 0 Å². The van der Waals surface area contributed by atoms with Gasteiger partial charge in [0.05, 0.1) is 0 Å². The Hall–Kier alpha value is -2.48. The number of rotatable bonds is 2. The van der Waals surface area contributed by atoms with Gasteiger partial charge in [-0.1, -0.05) is 12.1 Å². The molecule has 0 saturated carbocycles. The molecular formula is C10H9N5O2S. The van der Waals surface area contributed by atoms with E-state index in [-0.39, 0.29) is 27.7 Å². The fourth-order valence-electron chi connectivity index (χ4n) is 1.22. The quantitative estimate of drug-likeness (QED) is 0.490. The molecule has 0 aliphatic heterocycles. The van der Waals surface area contributed by atoms with Crippen molar-refractivity contribution in [2.24, 2.45) is 10.2 Å². The standard InChI is InChI=1S/C10H9N5O2S/c11-7-8(12-10(18)13-9(7)17)15-14-5-3-1-2-4-6(5)16/h1-4,16H,11H2,(H2,12,13,17,18). The number of benzene rings is 1. The summed E-state index contributed by atoms with van der Waals surface area (Å²) in [5.74, 6) is 0.0234. The van der Waals surface area contributed by atoms with E-state index in [9.17, 15) is 9.90 Å². The topological polar surface area (TPSA) is 120 Å². The van der Waals surface area contributed by atoms with E-state index in [0.29, 0.717) is 0 Å². The summed E-state index contributed by atoms with van der Waals surface area (Å²) in [7, 11) is 0. The van der Waals surface area contributed by atoms with Crippen LogP contribution in [0.3, 0.4) is 0 Å². The summed E-state index contributed by atoms with van der Waals surface area (Å²) in [6, 6.07) is 6.38. The van der Waals surface area contributed by atoms with Crippen molar-refractivity contribution in [2.45, 2.75) is 0 Å². The maximum atomic E-state index is 11.3. The van der Waals surface area contributed by atoms with Crippen LogP contribution in [-0.2, 0) is 0 Å². The van der Waals surface area contributed by atoms with Crippen molar-refractivity contribution in [1.29, 1.82) is 0 Å². The Kier molecular flexibility index (Phi) is 3.20. The first-order chi connectivity index (χ1) is 8.58. The van der Waals surface area contributed by atoms with Crippen molar-refractivity contribution in [1.82, 2.24) is 9.97 Å². The first-order valence-corrected chi connectivity index (χ1v) is 5.30. The molecule has 92 valence electrons. The van der Waals surface area contributed by atoms with Gasteiger partial charge in [-0.05, 0) is 24.4 Å². The largest absolute Gasteiger partial charge is 0.506 e. The predicted molar refractivity (Wildman–Crippen MR) is 68.9 cm³/mol. The first-order valence-electron chi connectivity index (χ1n) is 4.90. The van der Waals surface area contributed by atoms with E-state index in [1.807, 2.05) is 0 Å². The van der Waals surface area contributed by atoms with E-state index < -0.39 is 5.56 Å². The average molecular weight is 263 g/mol. The van der Waals surface area contributed by atoms with Gasteiger partial charge in [0.25, 0.3) is 5.56 Å². The highest BCUT2D eigenvalue weighted by Crippen LogP contribution is 2.27. The molecule has 2 aromatic rings. The van der Waals surface area contributed by atoms with E-state index in [4.69, 9.17) is 18.0 Å². The Morgan fingerprint density at radius 2 is 1.94 bits per heavy atom. The number of phenolic OH excluding ortho intramolecular Hbond substituents is 1. The third-order valence-corrected chi connectivity index (χ3v) is 2.30. The van der Waals surface area contributed by atoms with Gasteiger partial charge in [0.15, 0.2) is 10.6 Å². The van der Waals surface area contributed by atoms with Crippen LogP contribution >= 0.6 is 12.2 Å². The van der Waals surface area contributed by atoms with Crippen LogP contribution in [0.1, 0.15) is 0 Å². The zero-order valence-electron chi connectivity index (χ0n) is 9.04. The normalized spacial score (nSPS) is 10.9. The van der Waals surface area contributed by atoms with Crippen LogP contribution in [0.5, 0.6) is 5.75 Å². The van der Waals surface area contributed by atoms with Gasteiger partial charge in [-0.15, -0.1) is 10.2 Å². The van der Waals surface area contributed by atoms with Gasteiger partial charge in [0.1, 0.15) is 17.1 Å². The van der Waals surface area contributed by atoms with E-state index in [0.717, 1.165) is 0 Å². The molecule has 0 spiro atoms. The minimum atomic E-state index is -0.537. The van der Waals surface area contributed by atoms with Crippen molar-refractivity contribution in [3.8, 4) is 5.75 Å². The predicted octanol–water partition coefficient (Wildman–Crippen LogP) is 2.14. The summed E-state index contributed by atoms with van der Waals surface area (Å²) >= 11 is 4.79. The first kappa shape index (κ1) is 12.0. The van der Waals surface area contributed by atoms with Crippen LogP contribution in [0.4, 0.5) is 17.2 Å². The Morgan fingerprint density at radius 3 is 2.67 bits per heavy atom. The van der Waals surface area contributed by atoms with Crippen molar-refractivity contribution in [3.05, 3.63) is 39.4 Å². The molecule has 8 heteroatoms. The number of aromatic hydroxyl groups is 1. The second-order valence-corrected chi connectivity index (χ2v) is 3.77. The van der Waals surface area contributed by atoms with Crippen LogP contribution in [0.15, 0.2) is 39.3 Å². The molecule has 0 amide bonds. The molecule has 1 heterocycles. The van der Waals surface area contributed by atoms with Gasteiger partial charge in [-0.2, -0.15) is 0 Å². The van der Waals surface area contributed by atoms with E-state index in [1.165, 1.54) is 6.07 Å². The number of H-pyrrole nitrogens is 2. The third-order valence-electron chi connectivity index (χ3n) is 2.10. The summed E-state index contributed by atoms with van der Waals surface area (Å²) < 4.78 is 0.0976. The molecular weight excluding hydrogens is 254 g/mol. The summed E-state index contributed by atoms with van der Waals surface area (Å²) in [4.78, 5) is 16.2. The molecule has 1 aromatic carbocycles. The Labute approximate surface area is 106 Å². The average Bonchev–Trinajstić information content (AvgIpc) is 2.33. The lowest BCUT2D eigenvalue weighted by Gasteiger charge is -1.98. The summed E-state index contributed by atoms with van der Waals surface area (Å²) in [5, 5.41) is 17.0. The molecule has 5 N–H and O–H groups in total. The number of phenols is 1. The van der Waals surface area contributed by atoms with Gasteiger partial charge in [0.2, 0.25) is 0 Å². The maximum Gasteiger partial charge on any atom is 0.277 e. The molecule has 0 aliphatic carbocycles. The second kappa shape index (κ2) is 4.80. The van der Waals surface area contributed by atoms with Gasteiger partial charge in [0, 0.05) is 0 Å². The van der Waals surface area contributed by atoms with Crippen molar-refractivity contribution in [3.63, 3.8) is 0 Å². The minimum absolute atomic E-state index is 0.0248. The Morgan fingerprint density at radius 1 is 1.22 bits per heavy atom. The number of nitrogens with zero attached hydrogens (tertiary/aromatic N) is 2. The van der Waals surface area contributed by atoms with Crippen LogP contribution < -0.4 is 11.3 Å². The number of nitrogen functional groups attached to an aromatic ring is 1. The molecule has 0 fully saturated rings. The molecule has 0 atom stereocenters. The summed E-state index contributed by atoms with van der Waals surface area (Å²) in [5.41, 5.74) is 5.12. The van der Waals surface area contributed by atoms with Crippen molar-refractivity contribution in [2.75, 3.05) is 5.73 Å². The number of para-hydroxylation sites is 1. The zero-order valence-corrected chi connectivity index (χ0v) is 9.86. The summed E-state index contributed by atoms with van der Waals surface area (Å²) in [6.45, 7) is 0. The fraction of sp³-hybridized carbons (Fsp3) is 0. The van der Waals surface area contributed by atoms with E-state index >= 15 is 0 Å². The second-order valence-electron chi connectivity index (χ2n) is 3.36. The molecule has 0 bridgehead atoms. The Bertz CT molecular complexity index is 719. The number of aromatic nitrogens is 2. The van der Waals surface area contributed by atoms with E-state index in [1.54, 1.807) is 18.2 Å². The zero-order chi connectivity index (χ0) is 13.1. The van der Waals surface area contributed by atoms with Crippen molar-refractivity contribution < 1.29 is 5.11 Å². The van der Waals surface area contributed by atoms with E-state index in [2.05, 4.69) is 20.2 Å². The molecule has 0 unspecified atom stereocenters. The maximum absolute atomic E-state index is 11.3. The lowest BCUT2D eigenvalue weighted by atomic mass is 10.3. The highest BCUT2D eigenvalue weighted by atomic mass is 32.1. The van der Waals surface area contributed by atoms with Gasteiger partial charge in [-0.3, -0.25) is 9.78 Å². The highest BCUT2D eigenvalue weighted by molar-refractivity contribution is 7.71. The van der Waals surface area contributed by atoms with Crippen LogP contribution in [0.2, 0.25) is 0 Å². The third kappa shape index (κ3) is 2.43. The number of anilines is 1. The smallest absolute Gasteiger partial charge is 0.277 e. The SMILES string of the molecule is Nc1c(N=Nc2ccccc2O)[nH]c(=S)[nH]c1=O. The summed E-state index contributed by atoms with van der Waals surface area (Å²) in [6.07, 6.45) is 0. The molecule has 1 aromatic heterocycles. The molecule has 0 radical (unpaired) electrons. The van der Waals surface area contributed by atoms with Gasteiger partial charge in [-0.25, -0.2) is 0 Å². The number of nitrogens with one attached hydrogen (secondary N) is 2. The number of azo groups is 1. The lowest BCUT2D eigenvalue weighted by molar-refractivity contribution is 0.476. The number of aromatic amines is 2. The molecule has 18 heavy (non-hydrogen) atoms. The number of nitrogens with two attached hydrogens (primary N) is 1. The van der Waals surface area contributed by atoms with Gasteiger partial charge < -0.3 is 15.8 Å². The fourth-order valence-corrected chi connectivity index (χ4v) is 1.40. The van der Waals surface area contributed by atoms with Crippen LogP contribution in [0.25, 0.3) is 0 Å². The molecule has 0 saturated heterocycles. The number of hydrogen-bond acceptors (Lipinski definition) is 6. The molecule has 2 rings (SSSR count). The van der Waals surface area contributed by atoms with Crippen LogP contribution in [-0.4, -0.2) is 15.1 Å². The lowest BCUT2D eigenvalue weighted by Crippen LogP contribution is -2.12. The monoisotopic (exact) mass is 263 g/mol. The molecule has 0 aliphatic rings. The van der Waals surface area contributed by atoms with Crippen LogP contribution in [0, 0.1) is 4.77 Å². The van der Waals surface area contributed by atoms with Crippen molar-refractivity contribution >= 4 is 29.4 Å². The Balaban J connectivity index is 2.44. The number of hydrogen-bond donors (Lipinski definition) is 4. The highest BCUT2D eigenvalue weighted by Gasteiger charge is 2.03. The molecule has 7 nitrogen and oxygen atoms in total. The minimum Gasteiger partial charge on any atom is -0.506 e.